The smallest absolute Gasteiger partial charge is 0.0470 e. The van der Waals surface area contributed by atoms with Crippen LogP contribution in [0.1, 0.15) is 39.0 Å². The van der Waals surface area contributed by atoms with Gasteiger partial charge in [0.2, 0.25) is 0 Å². The van der Waals surface area contributed by atoms with Crippen LogP contribution in [0.5, 0.6) is 0 Å². The number of hydrogen-bond acceptors (Lipinski definition) is 3. The standard InChI is InChI=1S/C14H29N3/c1-12-8-14(10-15,11-16(12)2)17(3)9-13-6-4-5-7-13/h12-13H,4-11,15H2,1-3H3. The number of nitrogens with zero attached hydrogens (tertiary/aromatic N) is 2. The molecule has 3 heteroatoms. The highest BCUT2D eigenvalue weighted by Gasteiger charge is 2.43. The van der Waals surface area contributed by atoms with Crippen molar-refractivity contribution in [2.24, 2.45) is 11.7 Å². The van der Waals surface area contributed by atoms with Gasteiger partial charge in [-0.2, -0.15) is 0 Å². The fourth-order valence-electron chi connectivity index (χ4n) is 3.74. The Morgan fingerprint density at radius 2 is 2.00 bits per heavy atom. The molecule has 0 aromatic heterocycles. The molecule has 3 nitrogen and oxygen atoms in total. The van der Waals surface area contributed by atoms with Crippen LogP contribution in [0.2, 0.25) is 0 Å². The van der Waals surface area contributed by atoms with Crippen molar-refractivity contribution in [2.75, 3.05) is 33.7 Å². The SMILES string of the molecule is CC1CC(CN)(N(C)CC2CCCC2)CN1C. The monoisotopic (exact) mass is 239 g/mol. The van der Waals surface area contributed by atoms with Gasteiger partial charge in [-0.05, 0) is 46.2 Å². The first-order valence-corrected chi connectivity index (χ1v) is 7.19. The van der Waals surface area contributed by atoms with Crippen LogP contribution in [0.3, 0.4) is 0 Å². The molecule has 0 aromatic rings. The third-order valence-corrected chi connectivity index (χ3v) is 5.17. The van der Waals surface area contributed by atoms with Crippen molar-refractivity contribution in [1.82, 2.24) is 9.80 Å². The Labute approximate surface area is 106 Å². The highest BCUT2D eigenvalue weighted by atomic mass is 15.3. The maximum Gasteiger partial charge on any atom is 0.0470 e. The second-order valence-electron chi connectivity index (χ2n) is 6.43. The molecule has 1 aliphatic carbocycles. The summed E-state index contributed by atoms with van der Waals surface area (Å²) >= 11 is 0. The lowest BCUT2D eigenvalue weighted by Gasteiger charge is -2.39. The molecule has 2 N–H and O–H groups in total. The van der Waals surface area contributed by atoms with Crippen molar-refractivity contribution in [3.8, 4) is 0 Å². The Kier molecular flexibility index (Phi) is 4.11. The van der Waals surface area contributed by atoms with E-state index < -0.39 is 0 Å². The summed E-state index contributed by atoms with van der Waals surface area (Å²) in [6, 6.07) is 0.671. The van der Waals surface area contributed by atoms with Crippen LogP contribution >= 0.6 is 0 Å². The number of hydrogen-bond donors (Lipinski definition) is 1. The fourth-order valence-corrected chi connectivity index (χ4v) is 3.74. The molecular weight excluding hydrogens is 210 g/mol. The molecule has 1 saturated carbocycles. The van der Waals surface area contributed by atoms with Crippen LogP contribution < -0.4 is 5.73 Å². The first kappa shape index (κ1) is 13.3. The molecule has 2 atom stereocenters. The molecule has 2 unspecified atom stereocenters. The topological polar surface area (TPSA) is 32.5 Å². The van der Waals surface area contributed by atoms with Crippen LogP contribution in [-0.2, 0) is 0 Å². The van der Waals surface area contributed by atoms with Crippen LogP contribution in [0.4, 0.5) is 0 Å². The Bertz CT molecular complexity index is 238. The Morgan fingerprint density at radius 3 is 2.47 bits per heavy atom. The van der Waals surface area contributed by atoms with Crippen LogP contribution in [0.25, 0.3) is 0 Å². The van der Waals surface area contributed by atoms with Crippen molar-refractivity contribution in [2.45, 2.75) is 50.6 Å². The summed E-state index contributed by atoms with van der Waals surface area (Å²) in [5, 5.41) is 0. The minimum Gasteiger partial charge on any atom is -0.329 e. The van der Waals surface area contributed by atoms with E-state index in [0.29, 0.717) is 6.04 Å². The molecule has 100 valence electrons. The molecule has 0 radical (unpaired) electrons. The Hall–Kier alpha value is -0.120. The second kappa shape index (κ2) is 5.25. The number of nitrogens with two attached hydrogens (primary N) is 1. The summed E-state index contributed by atoms with van der Waals surface area (Å²) in [5.41, 5.74) is 6.33. The van der Waals surface area contributed by atoms with Gasteiger partial charge in [-0.25, -0.2) is 0 Å². The summed E-state index contributed by atoms with van der Waals surface area (Å²) in [5.74, 6) is 0.921. The molecule has 2 aliphatic rings. The molecule has 1 aliphatic heterocycles. The molecule has 0 spiro atoms. The fraction of sp³-hybridized carbons (Fsp3) is 1.00. The average molecular weight is 239 g/mol. The number of rotatable bonds is 4. The van der Waals surface area contributed by atoms with Gasteiger partial charge in [-0.15, -0.1) is 0 Å². The van der Waals surface area contributed by atoms with Gasteiger partial charge >= 0.3 is 0 Å². The predicted octanol–water partition coefficient (Wildman–Crippen LogP) is 1.53. The lowest BCUT2D eigenvalue weighted by atomic mass is 9.93. The van der Waals surface area contributed by atoms with Crippen LogP contribution in [-0.4, -0.2) is 55.1 Å². The normalized spacial score (nSPS) is 36.2. The zero-order chi connectivity index (χ0) is 12.5. The van der Waals surface area contributed by atoms with E-state index in [1.54, 1.807) is 0 Å². The molecule has 0 bridgehead atoms. The Balaban J connectivity index is 1.97. The summed E-state index contributed by atoms with van der Waals surface area (Å²) in [4.78, 5) is 5.03. The zero-order valence-corrected chi connectivity index (χ0v) is 11.8. The average Bonchev–Trinajstić information content (AvgIpc) is 2.89. The largest absolute Gasteiger partial charge is 0.329 e. The van der Waals surface area contributed by atoms with Crippen molar-refractivity contribution in [3.63, 3.8) is 0 Å². The highest BCUT2D eigenvalue weighted by Crippen LogP contribution is 2.33. The highest BCUT2D eigenvalue weighted by molar-refractivity contribution is 5.02. The minimum atomic E-state index is 0.233. The van der Waals surface area contributed by atoms with Crippen LogP contribution in [0, 0.1) is 5.92 Å². The molecule has 2 fully saturated rings. The molecule has 1 heterocycles. The summed E-state index contributed by atoms with van der Waals surface area (Å²) in [6.45, 7) is 5.50. The second-order valence-corrected chi connectivity index (χ2v) is 6.43. The summed E-state index contributed by atoms with van der Waals surface area (Å²) in [7, 11) is 4.52. The van der Waals surface area contributed by atoms with Gasteiger partial charge in [0.15, 0.2) is 0 Å². The van der Waals surface area contributed by atoms with Crippen molar-refractivity contribution < 1.29 is 0 Å². The number of likely N-dealkylation sites (N-methyl/N-ethyl adjacent to an activating group) is 2. The summed E-state index contributed by atoms with van der Waals surface area (Å²) in [6.07, 6.45) is 6.95. The molecule has 0 amide bonds. The van der Waals surface area contributed by atoms with Gasteiger partial charge < -0.3 is 10.6 Å². The molecule has 0 aromatic carbocycles. The summed E-state index contributed by atoms with van der Waals surface area (Å²) < 4.78 is 0. The first-order chi connectivity index (χ1) is 8.07. The van der Waals surface area contributed by atoms with E-state index >= 15 is 0 Å². The van der Waals surface area contributed by atoms with Gasteiger partial charge in [-0.3, -0.25) is 4.90 Å². The van der Waals surface area contributed by atoms with Gasteiger partial charge in [0.1, 0.15) is 0 Å². The van der Waals surface area contributed by atoms with Crippen molar-refractivity contribution in [3.05, 3.63) is 0 Å². The van der Waals surface area contributed by atoms with Gasteiger partial charge in [0.05, 0.1) is 0 Å². The molecule has 1 saturated heterocycles. The molecule has 2 rings (SSSR count). The minimum absolute atomic E-state index is 0.233. The number of likely N-dealkylation sites (tertiary alicyclic amines) is 1. The lowest BCUT2D eigenvalue weighted by Crippen LogP contribution is -2.54. The van der Waals surface area contributed by atoms with Crippen LogP contribution in [0.15, 0.2) is 0 Å². The van der Waals surface area contributed by atoms with E-state index in [1.807, 2.05) is 0 Å². The van der Waals surface area contributed by atoms with E-state index in [1.165, 1.54) is 38.6 Å². The first-order valence-electron chi connectivity index (χ1n) is 7.19. The van der Waals surface area contributed by atoms with Crippen molar-refractivity contribution in [1.29, 1.82) is 0 Å². The van der Waals surface area contributed by atoms with E-state index in [0.717, 1.165) is 19.0 Å². The van der Waals surface area contributed by atoms with Crippen molar-refractivity contribution >= 4 is 0 Å². The lowest BCUT2D eigenvalue weighted by molar-refractivity contribution is 0.113. The zero-order valence-electron chi connectivity index (χ0n) is 11.8. The predicted molar refractivity (Wildman–Crippen MR) is 73.1 cm³/mol. The van der Waals surface area contributed by atoms with Gasteiger partial charge in [-0.1, -0.05) is 12.8 Å². The molecule has 17 heavy (non-hydrogen) atoms. The third kappa shape index (κ3) is 2.67. The third-order valence-electron chi connectivity index (χ3n) is 5.17. The van der Waals surface area contributed by atoms with Gasteiger partial charge in [0.25, 0.3) is 0 Å². The maximum atomic E-state index is 6.10. The Morgan fingerprint density at radius 1 is 1.35 bits per heavy atom. The van der Waals surface area contributed by atoms with E-state index in [9.17, 15) is 0 Å². The maximum absolute atomic E-state index is 6.10. The van der Waals surface area contributed by atoms with E-state index in [4.69, 9.17) is 5.73 Å². The van der Waals surface area contributed by atoms with Gasteiger partial charge in [0, 0.05) is 31.2 Å². The quantitative estimate of drug-likeness (QED) is 0.807. The molecular formula is C14H29N3. The van der Waals surface area contributed by atoms with E-state index in [-0.39, 0.29) is 5.54 Å². The van der Waals surface area contributed by atoms with E-state index in [2.05, 4.69) is 30.8 Å².